The molecule has 1 atom stereocenters. The summed E-state index contributed by atoms with van der Waals surface area (Å²) < 4.78 is 19.7. The van der Waals surface area contributed by atoms with Gasteiger partial charge in [-0.3, -0.25) is 9.59 Å². The molecule has 0 aliphatic carbocycles. The molecule has 7 nitrogen and oxygen atoms in total. The third-order valence-corrected chi connectivity index (χ3v) is 4.47. The number of hydrogen-bond acceptors (Lipinski definition) is 5. The summed E-state index contributed by atoms with van der Waals surface area (Å²) in [5.41, 5.74) is 0.233. The van der Waals surface area contributed by atoms with Gasteiger partial charge in [0.2, 0.25) is 0 Å². The van der Waals surface area contributed by atoms with E-state index in [4.69, 9.17) is 4.74 Å². The number of likely N-dealkylation sites (N-methyl/N-ethyl adjacent to an activating group) is 1. The maximum Gasteiger partial charge on any atom is 0.360 e. The highest BCUT2D eigenvalue weighted by molar-refractivity contribution is 6.02. The maximum atomic E-state index is 13.3. The largest absolute Gasteiger partial charge is 0.448 e. The van der Waals surface area contributed by atoms with Crippen LogP contribution in [0.4, 0.5) is 4.39 Å². The lowest BCUT2D eigenvalue weighted by molar-refractivity contribution is -0.139. The zero-order chi connectivity index (χ0) is 21.1. The fourth-order valence-electron chi connectivity index (χ4n) is 3.01. The zero-order valence-electron chi connectivity index (χ0n) is 16.3. The number of hydrogen-bond donors (Lipinski definition) is 0. The van der Waals surface area contributed by atoms with Gasteiger partial charge >= 0.3 is 5.97 Å². The van der Waals surface area contributed by atoms with Gasteiger partial charge in [0.25, 0.3) is 11.5 Å². The summed E-state index contributed by atoms with van der Waals surface area (Å²) in [5.74, 6) is -1.65. The summed E-state index contributed by atoms with van der Waals surface area (Å²) in [5, 5.41) is 4.69. The summed E-state index contributed by atoms with van der Waals surface area (Å²) in [6, 6.07) is 12.5. The summed E-state index contributed by atoms with van der Waals surface area (Å²) in [4.78, 5) is 38.7. The molecule has 0 bridgehead atoms. The van der Waals surface area contributed by atoms with Gasteiger partial charge in [-0.1, -0.05) is 30.3 Å². The van der Waals surface area contributed by atoms with E-state index in [1.807, 2.05) is 0 Å². The Hall–Kier alpha value is -3.55. The SMILES string of the molecule is CC(OC(=O)c1nn(C)c(=O)c2ccccc12)C(=O)N(C)Cc1cccc(F)c1. The number of carbonyl (C=O) groups is 2. The second kappa shape index (κ2) is 8.22. The van der Waals surface area contributed by atoms with Crippen LogP contribution in [0.15, 0.2) is 53.3 Å². The molecule has 0 aliphatic rings. The van der Waals surface area contributed by atoms with Crippen LogP contribution in [0, 0.1) is 5.82 Å². The van der Waals surface area contributed by atoms with Crippen LogP contribution in [0.3, 0.4) is 0 Å². The number of nitrogens with zero attached hydrogens (tertiary/aromatic N) is 3. The lowest BCUT2D eigenvalue weighted by atomic mass is 10.1. The van der Waals surface area contributed by atoms with Gasteiger partial charge in [-0.05, 0) is 30.7 Å². The van der Waals surface area contributed by atoms with Crippen molar-refractivity contribution in [2.45, 2.75) is 19.6 Å². The summed E-state index contributed by atoms with van der Waals surface area (Å²) in [7, 11) is 2.98. The standard InChI is InChI=1S/C21H20FN3O4/c1-13(19(26)24(2)12-14-7-6-8-15(22)11-14)29-21(28)18-16-9-4-5-10-17(16)20(27)25(3)23-18/h4-11,13H,12H2,1-3H3. The van der Waals surface area contributed by atoms with Crippen molar-refractivity contribution in [2.24, 2.45) is 7.05 Å². The van der Waals surface area contributed by atoms with E-state index in [0.29, 0.717) is 16.3 Å². The van der Waals surface area contributed by atoms with Crippen molar-refractivity contribution in [1.29, 1.82) is 0 Å². The predicted molar refractivity (Wildman–Crippen MR) is 105 cm³/mol. The minimum atomic E-state index is -1.08. The topological polar surface area (TPSA) is 81.5 Å². The Morgan fingerprint density at radius 1 is 1.17 bits per heavy atom. The monoisotopic (exact) mass is 397 g/mol. The Morgan fingerprint density at radius 2 is 1.86 bits per heavy atom. The van der Waals surface area contributed by atoms with E-state index in [9.17, 15) is 18.8 Å². The molecule has 0 fully saturated rings. The van der Waals surface area contributed by atoms with Crippen LogP contribution in [0.5, 0.6) is 0 Å². The molecule has 3 rings (SSSR count). The van der Waals surface area contributed by atoms with Gasteiger partial charge in [-0.2, -0.15) is 5.10 Å². The molecule has 0 saturated heterocycles. The van der Waals surface area contributed by atoms with Crippen LogP contribution in [-0.2, 0) is 23.1 Å². The Balaban J connectivity index is 1.77. The van der Waals surface area contributed by atoms with Gasteiger partial charge in [0.05, 0.1) is 5.39 Å². The van der Waals surface area contributed by atoms with E-state index < -0.39 is 23.8 Å². The molecule has 1 aromatic heterocycles. The number of esters is 1. The number of amides is 1. The molecular formula is C21H20FN3O4. The van der Waals surface area contributed by atoms with Crippen molar-refractivity contribution in [3.63, 3.8) is 0 Å². The van der Waals surface area contributed by atoms with Crippen molar-refractivity contribution >= 4 is 22.6 Å². The second-order valence-electron chi connectivity index (χ2n) is 6.69. The third-order valence-electron chi connectivity index (χ3n) is 4.47. The minimum absolute atomic E-state index is 0.0462. The highest BCUT2D eigenvalue weighted by atomic mass is 19.1. The van der Waals surface area contributed by atoms with Crippen LogP contribution in [0.25, 0.3) is 10.8 Å². The Labute approximate surface area is 166 Å². The molecule has 0 N–H and O–H groups in total. The number of ether oxygens (including phenoxy) is 1. The molecule has 2 aromatic carbocycles. The van der Waals surface area contributed by atoms with Crippen molar-refractivity contribution in [3.05, 3.63) is 76.0 Å². The predicted octanol–water partition coefficient (Wildman–Crippen LogP) is 2.28. The number of halogens is 1. The highest BCUT2D eigenvalue weighted by Crippen LogP contribution is 2.15. The number of aromatic nitrogens is 2. The van der Waals surface area contributed by atoms with Crippen LogP contribution in [0.2, 0.25) is 0 Å². The average Bonchev–Trinajstić information content (AvgIpc) is 2.70. The minimum Gasteiger partial charge on any atom is -0.448 e. The van der Waals surface area contributed by atoms with Crippen molar-refractivity contribution in [3.8, 4) is 0 Å². The lowest BCUT2D eigenvalue weighted by Crippen LogP contribution is -2.37. The Bertz CT molecular complexity index is 1140. The number of benzene rings is 2. The van der Waals surface area contributed by atoms with E-state index in [1.54, 1.807) is 36.4 Å². The molecule has 8 heteroatoms. The number of aryl methyl sites for hydroxylation is 1. The molecule has 0 radical (unpaired) electrons. The molecule has 0 aliphatic heterocycles. The Morgan fingerprint density at radius 3 is 2.55 bits per heavy atom. The van der Waals surface area contributed by atoms with Crippen LogP contribution in [0.1, 0.15) is 23.0 Å². The summed E-state index contributed by atoms with van der Waals surface area (Å²) in [6.45, 7) is 1.62. The maximum absolute atomic E-state index is 13.3. The van der Waals surface area contributed by atoms with E-state index >= 15 is 0 Å². The number of fused-ring (bicyclic) bond motifs is 1. The first-order valence-corrected chi connectivity index (χ1v) is 8.94. The Kier molecular flexibility index (Phi) is 5.72. The van der Waals surface area contributed by atoms with Gasteiger partial charge in [-0.25, -0.2) is 13.9 Å². The van der Waals surface area contributed by atoms with E-state index in [0.717, 1.165) is 4.68 Å². The zero-order valence-corrected chi connectivity index (χ0v) is 16.3. The van der Waals surface area contributed by atoms with Crippen LogP contribution >= 0.6 is 0 Å². The van der Waals surface area contributed by atoms with Crippen LogP contribution < -0.4 is 5.56 Å². The molecule has 0 saturated carbocycles. The molecular weight excluding hydrogens is 377 g/mol. The smallest absolute Gasteiger partial charge is 0.360 e. The average molecular weight is 397 g/mol. The van der Waals surface area contributed by atoms with Gasteiger partial charge in [0.1, 0.15) is 5.82 Å². The van der Waals surface area contributed by atoms with Gasteiger partial charge in [0.15, 0.2) is 11.8 Å². The number of carbonyl (C=O) groups excluding carboxylic acids is 2. The van der Waals surface area contributed by atoms with Gasteiger partial charge in [0, 0.05) is 26.0 Å². The third kappa shape index (κ3) is 4.31. The second-order valence-corrected chi connectivity index (χ2v) is 6.69. The number of rotatable bonds is 5. The van der Waals surface area contributed by atoms with Gasteiger partial charge in [-0.15, -0.1) is 0 Å². The fraction of sp³-hybridized carbons (Fsp3) is 0.238. The normalized spacial score (nSPS) is 11.9. The van der Waals surface area contributed by atoms with Crippen molar-refractivity contribution < 1.29 is 18.7 Å². The lowest BCUT2D eigenvalue weighted by Gasteiger charge is -2.21. The first-order valence-electron chi connectivity index (χ1n) is 8.94. The summed E-state index contributed by atoms with van der Waals surface area (Å²) in [6.07, 6.45) is -1.08. The first-order chi connectivity index (χ1) is 13.8. The van der Waals surface area contributed by atoms with Gasteiger partial charge < -0.3 is 9.64 Å². The molecule has 29 heavy (non-hydrogen) atoms. The molecule has 1 unspecified atom stereocenters. The highest BCUT2D eigenvalue weighted by Gasteiger charge is 2.25. The molecule has 0 spiro atoms. The first kappa shape index (κ1) is 20.2. The quantitative estimate of drug-likeness (QED) is 0.617. The fourth-order valence-corrected chi connectivity index (χ4v) is 3.01. The van der Waals surface area contributed by atoms with Crippen LogP contribution in [-0.4, -0.2) is 39.7 Å². The van der Waals surface area contributed by atoms with E-state index in [-0.39, 0.29) is 17.8 Å². The van der Waals surface area contributed by atoms with E-state index in [2.05, 4.69) is 5.10 Å². The molecule has 150 valence electrons. The molecule has 3 aromatic rings. The molecule has 1 amide bonds. The summed E-state index contributed by atoms with van der Waals surface area (Å²) >= 11 is 0. The molecule has 1 heterocycles. The van der Waals surface area contributed by atoms with Crippen molar-refractivity contribution in [2.75, 3.05) is 7.05 Å². The van der Waals surface area contributed by atoms with Crippen molar-refractivity contribution in [1.82, 2.24) is 14.7 Å². The van der Waals surface area contributed by atoms with E-state index in [1.165, 1.54) is 38.1 Å².